The lowest BCUT2D eigenvalue weighted by atomic mass is 10.2. The Morgan fingerprint density at radius 3 is 2.63 bits per heavy atom. The molecule has 2 aromatic heterocycles. The van der Waals surface area contributed by atoms with E-state index in [1.807, 2.05) is 0 Å². The van der Waals surface area contributed by atoms with E-state index in [9.17, 15) is 19.7 Å². The Kier molecular flexibility index (Phi) is 6.17. The summed E-state index contributed by atoms with van der Waals surface area (Å²) in [6, 6.07) is 9.26. The molecule has 0 fully saturated rings. The van der Waals surface area contributed by atoms with Gasteiger partial charge in [0.05, 0.1) is 29.0 Å². The second-order valence-electron chi connectivity index (χ2n) is 5.62. The summed E-state index contributed by atoms with van der Waals surface area (Å²) < 4.78 is 9.94. The fourth-order valence-electron chi connectivity index (χ4n) is 2.43. The summed E-state index contributed by atoms with van der Waals surface area (Å²) >= 11 is 0. The summed E-state index contributed by atoms with van der Waals surface area (Å²) in [7, 11) is 0. The summed E-state index contributed by atoms with van der Waals surface area (Å²) in [5.74, 6) is -1.72. The maximum absolute atomic E-state index is 12.1. The van der Waals surface area contributed by atoms with E-state index in [0.717, 1.165) is 6.33 Å². The number of para-hydroxylation sites is 1. The van der Waals surface area contributed by atoms with Crippen molar-refractivity contribution in [3.63, 3.8) is 0 Å². The maximum atomic E-state index is 12.1. The van der Waals surface area contributed by atoms with Crippen molar-refractivity contribution in [3.8, 4) is 0 Å². The van der Waals surface area contributed by atoms with Gasteiger partial charge in [0.1, 0.15) is 6.33 Å². The molecule has 0 bridgehead atoms. The molecule has 0 aliphatic rings. The first-order chi connectivity index (χ1) is 14.5. The second-order valence-corrected chi connectivity index (χ2v) is 5.62. The highest BCUT2D eigenvalue weighted by atomic mass is 16.6. The number of aromatic nitrogens is 2. The minimum atomic E-state index is -0.726. The van der Waals surface area contributed by atoms with E-state index < -0.39 is 22.5 Å². The van der Waals surface area contributed by atoms with Gasteiger partial charge >= 0.3 is 17.6 Å². The van der Waals surface area contributed by atoms with Gasteiger partial charge in [-0.2, -0.15) is 0 Å². The molecule has 0 aliphatic heterocycles. The van der Waals surface area contributed by atoms with Crippen LogP contribution in [0.4, 0.5) is 23.0 Å². The summed E-state index contributed by atoms with van der Waals surface area (Å²) in [5.41, 5.74) is 4.52. The van der Waals surface area contributed by atoms with Gasteiger partial charge in [-0.3, -0.25) is 25.8 Å². The molecule has 30 heavy (non-hydrogen) atoms. The van der Waals surface area contributed by atoms with Crippen molar-refractivity contribution < 1.29 is 23.7 Å². The minimum absolute atomic E-state index is 0.000853. The molecule has 3 rings (SSSR count). The van der Waals surface area contributed by atoms with E-state index in [-0.39, 0.29) is 35.3 Å². The number of hydrogen-bond donors (Lipinski definition) is 3. The molecule has 1 aromatic carbocycles. The van der Waals surface area contributed by atoms with Crippen LogP contribution in [0.25, 0.3) is 0 Å². The number of carbonyl (C=O) groups is 2. The van der Waals surface area contributed by atoms with Crippen molar-refractivity contribution in [2.75, 3.05) is 17.3 Å². The molecular formula is C18H16N6O6. The molecule has 1 amide bonds. The monoisotopic (exact) mass is 412 g/mol. The molecule has 154 valence electrons. The normalized spacial score (nSPS) is 10.2. The van der Waals surface area contributed by atoms with Crippen LogP contribution < -0.4 is 16.2 Å². The number of nitrogens with zero attached hydrogens (tertiary/aromatic N) is 3. The van der Waals surface area contributed by atoms with Crippen LogP contribution in [0.15, 0.2) is 53.4 Å². The number of hydrazine groups is 1. The van der Waals surface area contributed by atoms with Crippen molar-refractivity contribution in [2.45, 2.75) is 6.92 Å². The first kappa shape index (κ1) is 20.3. The minimum Gasteiger partial charge on any atom is -0.462 e. The number of ether oxygens (including phenoxy) is 1. The van der Waals surface area contributed by atoms with Crippen LogP contribution >= 0.6 is 0 Å². The number of anilines is 3. The predicted molar refractivity (Wildman–Crippen MR) is 104 cm³/mol. The van der Waals surface area contributed by atoms with E-state index in [0.29, 0.717) is 0 Å². The molecule has 0 saturated carbocycles. The van der Waals surface area contributed by atoms with Crippen molar-refractivity contribution in [1.29, 1.82) is 0 Å². The predicted octanol–water partition coefficient (Wildman–Crippen LogP) is 2.66. The molecule has 0 spiro atoms. The first-order valence-electron chi connectivity index (χ1n) is 8.63. The number of furan rings is 1. The molecule has 2 heterocycles. The van der Waals surface area contributed by atoms with Gasteiger partial charge in [0.25, 0.3) is 0 Å². The highest BCUT2D eigenvalue weighted by Gasteiger charge is 2.25. The van der Waals surface area contributed by atoms with Crippen LogP contribution in [0.1, 0.15) is 27.8 Å². The number of carbonyl (C=O) groups excluding carboxylic acids is 2. The lowest BCUT2D eigenvalue weighted by Crippen LogP contribution is -2.30. The Balaban J connectivity index is 1.88. The van der Waals surface area contributed by atoms with Crippen LogP contribution in [0, 0.1) is 10.1 Å². The summed E-state index contributed by atoms with van der Waals surface area (Å²) in [4.78, 5) is 42.7. The Morgan fingerprint density at radius 2 is 1.93 bits per heavy atom. The van der Waals surface area contributed by atoms with Crippen LogP contribution in [0.3, 0.4) is 0 Å². The van der Waals surface area contributed by atoms with Gasteiger partial charge < -0.3 is 14.5 Å². The Hall–Kier alpha value is -4.48. The van der Waals surface area contributed by atoms with Crippen molar-refractivity contribution in [2.24, 2.45) is 0 Å². The molecule has 3 N–H and O–H groups in total. The quantitative estimate of drug-likeness (QED) is 0.285. The Bertz CT molecular complexity index is 1070. The summed E-state index contributed by atoms with van der Waals surface area (Å²) in [6.07, 6.45) is 2.37. The molecular weight excluding hydrogens is 396 g/mol. The zero-order valence-electron chi connectivity index (χ0n) is 15.6. The van der Waals surface area contributed by atoms with E-state index in [4.69, 9.17) is 9.15 Å². The van der Waals surface area contributed by atoms with Gasteiger partial charge in [0, 0.05) is 0 Å². The standard InChI is InChI=1S/C18H16N6O6/c1-2-29-18(26)11-6-3-4-7-12(11)21-15-14(24(27)28)16(20-10-19-15)22-23-17(25)13-8-5-9-30-13/h3-10H,2H2,1H3,(H,23,25)(H2,19,20,21,22). The summed E-state index contributed by atoms with van der Waals surface area (Å²) in [6.45, 7) is 1.84. The number of amides is 1. The first-order valence-corrected chi connectivity index (χ1v) is 8.63. The van der Waals surface area contributed by atoms with Gasteiger partial charge in [0.15, 0.2) is 5.76 Å². The summed E-state index contributed by atoms with van der Waals surface area (Å²) in [5, 5.41) is 14.4. The molecule has 12 heteroatoms. The van der Waals surface area contributed by atoms with Crippen molar-refractivity contribution >= 4 is 34.9 Å². The molecule has 0 atom stereocenters. The van der Waals surface area contributed by atoms with E-state index in [1.54, 1.807) is 25.1 Å². The van der Waals surface area contributed by atoms with Crippen molar-refractivity contribution in [3.05, 3.63) is 70.4 Å². The van der Waals surface area contributed by atoms with Crippen molar-refractivity contribution in [1.82, 2.24) is 15.4 Å². The van der Waals surface area contributed by atoms with E-state index >= 15 is 0 Å². The lowest BCUT2D eigenvalue weighted by molar-refractivity contribution is -0.383. The number of rotatable bonds is 8. The van der Waals surface area contributed by atoms with E-state index in [2.05, 4.69) is 26.1 Å². The lowest BCUT2D eigenvalue weighted by Gasteiger charge is -2.12. The number of hydrogen-bond acceptors (Lipinski definition) is 10. The molecule has 3 aromatic rings. The van der Waals surface area contributed by atoms with Crippen LogP contribution in [0.5, 0.6) is 0 Å². The Morgan fingerprint density at radius 1 is 1.17 bits per heavy atom. The number of nitrogens with one attached hydrogen (secondary N) is 3. The van der Waals surface area contributed by atoms with Gasteiger partial charge in [-0.05, 0) is 31.2 Å². The van der Waals surface area contributed by atoms with Crippen LogP contribution in [0.2, 0.25) is 0 Å². The molecule has 0 aliphatic carbocycles. The zero-order chi connectivity index (χ0) is 21.5. The third kappa shape index (κ3) is 4.49. The van der Waals surface area contributed by atoms with Gasteiger partial charge in [-0.25, -0.2) is 14.8 Å². The fraction of sp³-hybridized carbons (Fsp3) is 0.111. The van der Waals surface area contributed by atoms with Crippen LogP contribution in [-0.4, -0.2) is 33.4 Å². The number of esters is 1. The van der Waals surface area contributed by atoms with E-state index in [1.165, 1.54) is 24.5 Å². The second kappa shape index (κ2) is 9.14. The molecule has 0 saturated heterocycles. The highest BCUT2D eigenvalue weighted by Crippen LogP contribution is 2.32. The highest BCUT2D eigenvalue weighted by molar-refractivity contribution is 5.97. The molecule has 0 unspecified atom stereocenters. The van der Waals surface area contributed by atoms with Crippen LogP contribution in [-0.2, 0) is 4.74 Å². The van der Waals surface area contributed by atoms with Gasteiger partial charge in [-0.1, -0.05) is 12.1 Å². The van der Waals surface area contributed by atoms with Gasteiger partial charge in [0.2, 0.25) is 11.6 Å². The molecule has 0 radical (unpaired) electrons. The topological polar surface area (TPSA) is 162 Å². The maximum Gasteiger partial charge on any atom is 0.355 e. The third-order valence-corrected chi connectivity index (χ3v) is 3.72. The molecule has 12 nitrogen and oxygen atoms in total. The number of nitro groups is 1. The average molecular weight is 412 g/mol. The number of benzene rings is 1. The zero-order valence-corrected chi connectivity index (χ0v) is 15.6. The third-order valence-electron chi connectivity index (χ3n) is 3.72. The fourth-order valence-corrected chi connectivity index (χ4v) is 2.43. The SMILES string of the molecule is CCOC(=O)c1ccccc1Nc1ncnc(NNC(=O)c2ccco2)c1[N+](=O)[O-]. The Labute approximate surface area is 169 Å². The largest absolute Gasteiger partial charge is 0.462 e. The smallest absolute Gasteiger partial charge is 0.355 e. The van der Waals surface area contributed by atoms with Gasteiger partial charge in [-0.15, -0.1) is 0 Å². The average Bonchev–Trinajstić information content (AvgIpc) is 3.27.